The van der Waals surface area contributed by atoms with E-state index in [1.807, 2.05) is 16.9 Å². The van der Waals surface area contributed by atoms with Crippen LogP contribution in [-0.2, 0) is 10.0 Å². The summed E-state index contributed by atoms with van der Waals surface area (Å²) in [6.07, 6.45) is 5.09. The maximum Gasteiger partial charge on any atom is 0.333 e. The third-order valence-corrected chi connectivity index (χ3v) is 8.39. The molecular formula is C22H18Cl2N4O4S2. The van der Waals surface area contributed by atoms with E-state index in [0.29, 0.717) is 21.9 Å². The number of rotatable bonds is 5. The highest BCUT2D eigenvalue weighted by Crippen LogP contribution is 2.35. The van der Waals surface area contributed by atoms with E-state index in [1.54, 1.807) is 37.5 Å². The second kappa shape index (κ2) is 9.75. The Kier molecular flexibility index (Phi) is 6.94. The van der Waals surface area contributed by atoms with Gasteiger partial charge in [0.15, 0.2) is 0 Å². The molecule has 176 valence electrons. The quantitative estimate of drug-likeness (QED) is 0.413. The summed E-state index contributed by atoms with van der Waals surface area (Å²) in [6.45, 7) is 0. The Bertz CT molecular complexity index is 1530. The highest BCUT2D eigenvalue weighted by molar-refractivity contribution is 8.21. The van der Waals surface area contributed by atoms with Gasteiger partial charge in [0, 0.05) is 30.0 Å². The first-order valence-corrected chi connectivity index (χ1v) is 12.9. The van der Waals surface area contributed by atoms with Gasteiger partial charge >= 0.3 is 6.03 Å². The summed E-state index contributed by atoms with van der Waals surface area (Å²) in [5, 5.41) is 6.96. The molecule has 0 saturated carbocycles. The van der Waals surface area contributed by atoms with Crippen LogP contribution < -0.4 is 20.9 Å². The lowest BCUT2D eigenvalue weighted by Crippen LogP contribution is -2.34. The van der Waals surface area contributed by atoms with Crippen molar-refractivity contribution in [2.75, 3.05) is 17.7 Å². The number of urea groups is 1. The summed E-state index contributed by atoms with van der Waals surface area (Å²) >= 11 is 13.1. The van der Waals surface area contributed by atoms with Crippen LogP contribution in [0.4, 0.5) is 16.2 Å². The maximum absolute atomic E-state index is 13.0. The van der Waals surface area contributed by atoms with E-state index >= 15 is 0 Å². The highest BCUT2D eigenvalue weighted by atomic mass is 35.5. The Morgan fingerprint density at radius 1 is 1.06 bits per heavy atom. The number of fused-ring (bicyclic) bond motifs is 1. The van der Waals surface area contributed by atoms with Crippen LogP contribution in [0.15, 0.2) is 74.2 Å². The summed E-state index contributed by atoms with van der Waals surface area (Å²) in [7, 11) is -2.28. The number of benzene rings is 2. The van der Waals surface area contributed by atoms with Gasteiger partial charge in [-0.25, -0.2) is 17.9 Å². The molecule has 0 unspecified atom stereocenters. The second-order valence-electron chi connectivity index (χ2n) is 7.14. The molecule has 0 saturated heterocycles. The molecule has 2 amide bonds. The van der Waals surface area contributed by atoms with Crippen LogP contribution in [0, 0.1) is 0 Å². The smallest absolute Gasteiger partial charge is 0.333 e. The van der Waals surface area contributed by atoms with Crippen LogP contribution >= 0.6 is 35.0 Å². The van der Waals surface area contributed by atoms with Crippen molar-refractivity contribution >= 4 is 73.2 Å². The van der Waals surface area contributed by atoms with E-state index < -0.39 is 16.1 Å². The van der Waals surface area contributed by atoms with Crippen LogP contribution in [0.2, 0.25) is 5.02 Å². The third kappa shape index (κ3) is 5.10. The van der Waals surface area contributed by atoms with Gasteiger partial charge in [0.05, 0.1) is 15.1 Å². The second-order valence-corrected chi connectivity index (χ2v) is 11.2. The van der Waals surface area contributed by atoms with Crippen LogP contribution in [-0.4, -0.2) is 26.1 Å². The van der Waals surface area contributed by atoms with E-state index in [9.17, 15) is 18.0 Å². The molecule has 1 aliphatic heterocycles. The molecule has 12 heteroatoms. The standard InChI is InChI=1S/C22H18Cl2N4O4S2/c1-25-14-5-7-16-13(11-14)9-10-28(21(16)29)18-8-6-15(12-17(18)23)26-22(30)27-34(31,32)20-4-2-3-19(24)33-20/h3-12,25H,2H2,1H3,(H2,26,27,30). The molecule has 8 nitrogen and oxygen atoms in total. The Morgan fingerprint density at radius 2 is 1.82 bits per heavy atom. The summed E-state index contributed by atoms with van der Waals surface area (Å²) < 4.78 is 28.4. The zero-order valence-electron chi connectivity index (χ0n) is 17.6. The Labute approximate surface area is 209 Å². The molecule has 0 fully saturated rings. The minimum Gasteiger partial charge on any atom is -0.388 e. The average molecular weight is 537 g/mol. The molecule has 4 rings (SSSR count). The number of carbonyl (C=O) groups is 1. The zero-order valence-corrected chi connectivity index (χ0v) is 20.8. The number of nitrogens with one attached hydrogen (secondary N) is 3. The largest absolute Gasteiger partial charge is 0.388 e. The van der Waals surface area contributed by atoms with E-state index in [1.165, 1.54) is 22.8 Å². The summed E-state index contributed by atoms with van der Waals surface area (Å²) in [5.74, 6) is 0. The number of nitrogens with zero attached hydrogens (tertiary/aromatic N) is 1. The molecule has 2 aromatic carbocycles. The van der Waals surface area contributed by atoms with Gasteiger partial charge in [0.1, 0.15) is 4.24 Å². The van der Waals surface area contributed by atoms with Gasteiger partial charge in [-0.1, -0.05) is 47.1 Å². The lowest BCUT2D eigenvalue weighted by atomic mass is 10.1. The van der Waals surface area contributed by atoms with Gasteiger partial charge < -0.3 is 10.6 Å². The molecule has 1 aliphatic rings. The summed E-state index contributed by atoms with van der Waals surface area (Å²) in [6, 6.07) is 10.8. The first kappa shape index (κ1) is 24.2. The molecule has 0 atom stereocenters. The maximum atomic E-state index is 13.0. The van der Waals surface area contributed by atoms with Gasteiger partial charge in [-0.05, 0) is 54.3 Å². The number of amides is 2. The van der Waals surface area contributed by atoms with Crippen LogP contribution in [0.5, 0.6) is 0 Å². The molecule has 34 heavy (non-hydrogen) atoms. The molecule has 3 N–H and O–H groups in total. The fraction of sp³-hybridized carbons (Fsp3) is 0.0909. The number of anilines is 2. The van der Waals surface area contributed by atoms with E-state index in [2.05, 4.69) is 10.6 Å². The van der Waals surface area contributed by atoms with Crippen molar-refractivity contribution in [1.29, 1.82) is 0 Å². The highest BCUT2D eigenvalue weighted by Gasteiger charge is 2.23. The van der Waals surface area contributed by atoms with Crippen LogP contribution in [0.25, 0.3) is 16.5 Å². The number of allylic oxidation sites excluding steroid dienone is 2. The van der Waals surface area contributed by atoms with Crippen LogP contribution in [0.1, 0.15) is 6.42 Å². The number of thioether (sulfide) groups is 1. The van der Waals surface area contributed by atoms with Gasteiger partial charge in [0.25, 0.3) is 15.6 Å². The number of aromatic nitrogens is 1. The third-order valence-electron chi connectivity index (χ3n) is 4.91. The van der Waals surface area contributed by atoms with Gasteiger partial charge in [-0.2, -0.15) is 0 Å². The minimum absolute atomic E-state index is 0.0546. The van der Waals surface area contributed by atoms with Gasteiger partial charge in [-0.3, -0.25) is 9.36 Å². The lowest BCUT2D eigenvalue weighted by Gasteiger charge is -2.14. The van der Waals surface area contributed by atoms with E-state index in [-0.39, 0.29) is 20.5 Å². The number of sulfonamides is 1. The monoisotopic (exact) mass is 536 g/mol. The van der Waals surface area contributed by atoms with Gasteiger partial charge in [0.2, 0.25) is 0 Å². The number of hydrogen-bond acceptors (Lipinski definition) is 6. The van der Waals surface area contributed by atoms with Crippen molar-refractivity contribution in [2.45, 2.75) is 6.42 Å². The molecule has 1 aromatic heterocycles. The normalized spacial score (nSPS) is 13.7. The predicted molar refractivity (Wildman–Crippen MR) is 139 cm³/mol. The van der Waals surface area contributed by atoms with E-state index in [4.69, 9.17) is 23.2 Å². The van der Waals surface area contributed by atoms with Crippen molar-refractivity contribution in [3.05, 3.63) is 84.8 Å². The molecule has 0 spiro atoms. The Hall–Kier alpha value is -2.92. The lowest BCUT2D eigenvalue weighted by molar-refractivity contribution is 0.256. The Morgan fingerprint density at radius 3 is 2.53 bits per heavy atom. The molecule has 0 radical (unpaired) electrons. The summed E-state index contributed by atoms with van der Waals surface area (Å²) in [5.41, 5.74) is 1.29. The number of carbonyl (C=O) groups excluding carboxylic acids is 1. The molecule has 3 aromatic rings. The number of halogens is 2. The number of hydrogen-bond donors (Lipinski definition) is 3. The predicted octanol–water partition coefficient (Wildman–Crippen LogP) is 5.20. The Balaban J connectivity index is 1.54. The minimum atomic E-state index is -4.07. The molecule has 0 bridgehead atoms. The summed E-state index contributed by atoms with van der Waals surface area (Å²) in [4.78, 5) is 25.3. The fourth-order valence-electron chi connectivity index (χ4n) is 3.29. The first-order valence-electron chi connectivity index (χ1n) is 9.88. The van der Waals surface area contributed by atoms with Crippen molar-refractivity contribution in [3.63, 3.8) is 0 Å². The SMILES string of the molecule is CNc1ccc2c(=O)n(-c3ccc(NC(=O)NS(=O)(=O)C4=CCC=C(Cl)S4)cc3Cl)ccc2c1. The zero-order chi connectivity index (χ0) is 24.5. The van der Waals surface area contributed by atoms with Crippen molar-refractivity contribution in [2.24, 2.45) is 0 Å². The number of pyridine rings is 1. The van der Waals surface area contributed by atoms with Gasteiger partial charge in [-0.15, -0.1) is 0 Å². The molecular weight excluding hydrogens is 519 g/mol. The van der Waals surface area contributed by atoms with Crippen LogP contribution in [0.3, 0.4) is 0 Å². The molecule has 0 aliphatic carbocycles. The first-order chi connectivity index (χ1) is 16.2. The topological polar surface area (TPSA) is 109 Å². The molecule has 2 heterocycles. The van der Waals surface area contributed by atoms with Crippen molar-refractivity contribution in [1.82, 2.24) is 9.29 Å². The van der Waals surface area contributed by atoms with Crippen molar-refractivity contribution < 1.29 is 13.2 Å². The fourth-order valence-corrected chi connectivity index (χ4v) is 6.14. The van der Waals surface area contributed by atoms with E-state index in [0.717, 1.165) is 22.8 Å². The average Bonchev–Trinajstić information content (AvgIpc) is 2.79. The van der Waals surface area contributed by atoms with Crippen molar-refractivity contribution in [3.8, 4) is 5.69 Å².